The van der Waals surface area contributed by atoms with Crippen molar-refractivity contribution < 1.29 is 14.3 Å². The Hall–Kier alpha value is -3.40. The van der Waals surface area contributed by atoms with Crippen LogP contribution >= 0.6 is 11.6 Å². The summed E-state index contributed by atoms with van der Waals surface area (Å²) in [4.78, 5) is 31.0. The second kappa shape index (κ2) is 7.23. The van der Waals surface area contributed by atoms with Crippen LogP contribution in [0.1, 0.15) is 18.5 Å². The fourth-order valence-electron chi connectivity index (χ4n) is 2.21. The topological polar surface area (TPSA) is 148 Å². The molecule has 3 rings (SSSR count). The van der Waals surface area contributed by atoms with Gasteiger partial charge in [-0.15, -0.1) is 5.10 Å². The lowest BCUT2D eigenvalue weighted by molar-refractivity contribution is 0.209. The van der Waals surface area contributed by atoms with Gasteiger partial charge < -0.3 is 15.8 Å². The second-order valence-electron chi connectivity index (χ2n) is 5.30. The number of H-pyrrole nitrogens is 1. The van der Waals surface area contributed by atoms with Gasteiger partial charge in [0.15, 0.2) is 0 Å². The predicted octanol–water partition coefficient (Wildman–Crippen LogP) is 2.35. The van der Waals surface area contributed by atoms with Crippen molar-refractivity contribution in [1.29, 1.82) is 0 Å². The van der Waals surface area contributed by atoms with Crippen molar-refractivity contribution in [2.45, 2.75) is 13.0 Å². The summed E-state index contributed by atoms with van der Waals surface area (Å²) >= 11 is 5.74. The fourth-order valence-corrected chi connectivity index (χ4v) is 2.32. The summed E-state index contributed by atoms with van der Waals surface area (Å²) in [7, 11) is 0. The number of ether oxygens (including phenoxy) is 1. The number of anilines is 1. The van der Waals surface area contributed by atoms with Gasteiger partial charge in [0.25, 0.3) is 5.88 Å². The molecule has 0 saturated heterocycles. The average Bonchev–Trinajstić information content (AvgIpc) is 2.96. The van der Waals surface area contributed by atoms with Crippen LogP contribution in [0.15, 0.2) is 30.6 Å². The van der Waals surface area contributed by atoms with E-state index in [0.717, 1.165) is 5.56 Å². The largest absolute Gasteiger partial charge is 0.411 e. The Morgan fingerprint density at radius 3 is 2.81 bits per heavy atom. The van der Waals surface area contributed by atoms with Crippen LogP contribution in [0, 0.1) is 0 Å². The number of aromatic nitrogens is 4. The van der Waals surface area contributed by atoms with E-state index in [2.05, 4.69) is 30.8 Å². The van der Waals surface area contributed by atoms with E-state index >= 15 is 0 Å². The number of halogens is 1. The Labute approximate surface area is 152 Å². The molecule has 1 atom stereocenters. The minimum absolute atomic E-state index is 0.0138. The SMILES string of the molecule is C[C@@H](NC(=O)Nc1cc2[nH]nc(OC(N)=O)c2cn1)c1ccc(Cl)nc1. The molecule has 0 aromatic carbocycles. The van der Waals surface area contributed by atoms with Crippen molar-refractivity contribution in [1.82, 2.24) is 25.5 Å². The van der Waals surface area contributed by atoms with Gasteiger partial charge >= 0.3 is 12.1 Å². The van der Waals surface area contributed by atoms with Gasteiger partial charge in [-0.3, -0.25) is 10.4 Å². The van der Waals surface area contributed by atoms with Gasteiger partial charge in [-0.2, -0.15) is 0 Å². The number of fused-ring (bicyclic) bond motifs is 1. The highest BCUT2D eigenvalue weighted by atomic mass is 35.5. The van der Waals surface area contributed by atoms with Crippen LogP contribution in [0.25, 0.3) is 10.9 Å². The zero-order valence-corrected chi connectivity index (χ0v) is 14.2. The molecule has 5 N–H and O–H groups in total. The van der Waals surface area contributed by atoms with Crippen molar-refractivity contribution in [3.63, 3.8) is 0 Å². The van der Waals surface area contributed by atoms with E-state index in [4.69, 9.17) is 22.1 Å². The maximum absolute atomic E-state index is 12.1. The first-order valence-corrected chi connectivity index (χ1v) is 7.80. The van der Waals surface area contributed by atoms with Crippen molar-refractivity contribution in [2.75, 3.05) is 5.32 Å². The number of nitrogens with one attached hydrogen (secondary N) is 3. The minimum atomic E-state index is -0.981. The molecular formula is C15H14ClN7O3. The number of urea groups is 1. The van der Waals surface area contributed by atoms with Gasteiger partial charge in [-0.05, 0) is 18.6 Å². The second-order valence-corrected chi connectivity index (χ2v) is 5.69. The van der Waals surface area contributed by atoms with Gasteiger partial charge in [-0.1, -0.05) is 17.7 Å². The summed E-state index contributed by atoms with van der Waals surface area (Å²) in [5.74, 6) is 0.297. The predicted molar refractivity (Wildman–Crippen MR) is 93.9 cm³/mol. The molecule has 3 amide bonds. The van der Waals surface area contributed by atoms with Crippen LogP contribution in [0.2, 0.25) is 5.15 Å². The lowest BCUT2D eigenvalue weighted by atomic mass is 10.1. The van der Waals surface area contributed by atoms with E-state index in [0.29, 0.717) is 16.1 Å². The highest BCUT2D eigenvalue weighted by Gasteiger charge is 2.13. The molecule has 0 fully saturated rings. The standard InChI is InChI=1S/C15H14ClN7O3/c1-7(8-2-3-11(16)18-5-8)20-15(25)21-12-4-10-9(6-19-12)13(23-22-10)26-14(17)24/h2-7H,1H3,(H2,17,24)(H,22,23)(H2,19,20,21,25)/t7-/m1/s1. The normalized spacial score (nSPS) is 11.8. The quantitative estimate of drug-likeness (QED) is 0.514. The minimum Gasteiger partial charge on any atom is -0.389 e. The van der Waals surface area contributed by atoms with Crippen molar-refractivity contribution in [3.8, 4) is 5.88 Å². The number of amides is 3. The van der Waals surface area contributed by atoms with Crippen LogP contribution in [0.4, 0.5) is 15.4 Å². The number of pyridine rings is 2. The molecule has 0 spiro atoms. The molecule has 0 aliphatic carbocycles. The van der Waals surface area contributed by atoms with Crippen LogP contribution < -0.4 is 21.1 Å². The van der Waals surface area contributed by atoms with E-state index in [1.807, 2.05) is 6.92 Å². The third-order valence-electron chi connectivity index (χ3n) is 3.45. The summed E-state index contributed by atoms with van der Waals surface area (Å²) in [6.07, 6.45) is 2.01. The number of carbonyl (C=O) groups excluding carboxylic acids is 2. The maximum Gasteiger partial charge on any atom is 0.411 e. The number of nitrogens with two attached hydrogens (primary N) is 1. The molecule has 3 aromatic heterocycles. The van der Waals surface area contributed by atoms with Gasteiger partial charge in [0.1, 0.15) is 11.0 Å². The lowest BCUT2D eigenvalue weighted by Gasteiger charge is -2.14. The Kier molecular flexibility index (Phi) is 4.85. The molecule has 3 heterocycles. The highest BCUT2D eigenvalue weighted by Crippen LogP contribution is 2.23. The van der Waals surface area contributed by atoms with Crippen LogP contribution in [0.3, 0.4) is 0 Å². The smallest absolute Gasteiger partial charge is 0.389 e. The molecule has 0 radical (unpaired) electrons. The van der Waals surface area contributed by atoms with Gasteiger partial charge in [0.2, 0.25) is 0 Å². The summed E-state index contributed by atoms with van der Waals surface area (Å²) in [5.41, 5.74) is 6.28. The Balaban J connectivity index is 1.67. The molecule has 11 heteroatoms. The lowest BCUT2D eigenvalue weighted by Crippen LogP contribution is -2.31. The zero-order chi connectivity index (χ0) is 18.7. The fraction of sp³-hybridized carbons (Fsp3) is 0.133. The van der Waals surface area contributed by atoms with E-state index in [1.54, 1.807) is 24.4 Å². The molecule has 0 saturated carbocycles. The van der Waals surface area contributed by atoms with Gasteiger partial charge in [0.05, 0.1) is 16.9 Å². The maximum atomic E-state index is 12.1. The molecule has 3 aromatic rings. The first kappa shape index (κ1) is 17.4. The monoisotopic (exact) mass is 375 g/mol. The number of rotatable bonds is 4. The van der Waals surface area contributed by atoms with E-state index in [9.17, 15) is 9.59 Å². The van der Waals surface area contributed by atoms with Crippen molar-refractivity contribution >= 4 is 40.4 Å². The Morgan fingerprint density at radius 1 is 1.31 bits per heavy atom. The molecule has 134 valence electrons. The molecule has 0 aliphatic rings. The number of primary amides is 1. The number of aromatic amines is 1. The van der Waals surface area contributed by atoms with E-state index < -0.39 is 12.1 Å². The van der Waals surface area contributed by atoms with Crippen molar-refractivity contribution in [3.05, 3.63) is 41.3 Å². The highest BCUT2D eigenvalue weighted by molar-refractivity contribution is 6.29. The number of nitrogens with zero attached hydrogens (tertiary/aromatic N) is 3. The molecule has 0 unspecified atom stereocenters. The van der Waals surface area contributed by atoms with Crippen molar-refractivity contribution in [2.24, 2.45) is 5.73 Å². The Morgan fingerprint density at radius 2 is 2.12 bits per heavy atom. The summed E-state index contributed by atoms with van der Waals surface area (Å²) in [6.45, 7) is 1.81. The van der Waals surface area contributed by atoms with Crippen LogP contribution in [-0.4, -0.2) is 32.3 Å². The van der Waals surface area contributed by atoms with Crippen LogP contribution in [0.5, 0.6) is 5.88 Å². The van der Waals surface area contributed by atoms with Crippen LogP contribution in [-0.2, 0) is 0 Å². The third kappa shape index (κ3) is 3.98. The zero-order valence-electron chi connectivity index (χ0n) is 13.5. The summed E-state index contributed by atoms with van der Waals surface area (Å²) in [5, 5.41) is 12.7. The molecule has 26 heavy (non-hydrogen) atoms. The Bertz CT molecular complexity index is 958. The summed E-state index contributed by atoms with van der Waals surface area (Å²) < 4.78 is 4.74. The van der Waals surface area contributed by atoms with E-state index in [-0.39, 0.29) is 17.7 Å². The molecular weight excluding hydrogens is 362 g/mol. The molecule has 0 bridgehead atoms. The third-order valence-corrected chi connectivity index (χ3v) is 3.67. The van der Waals surface area contributed by atoms with Gasteiger partial charge in [0, 0.05) is 18.5 Å². The first-order valence-electron chi connectivity index (χ1n) is 7.43. The number of hydrogen-bond acceptors (Lipinski definition) is 6. The number of hydrogen-bond donors (Lipinski definition) is 4. The van der Waals surface area contributed by atoms with Gasteiger partial charge in [-0.25, -0.2) is 19.6 Å². The number of carbonyl (C=O) groups is 2. The molecule has 10 nitrogen and oxygen atoms in total. The first-order chi connectivity index (χ1) is 12.4. The van der Waals surface area contributed by atoms with E-state index in [1.165, 1.54) is 6.20 Å². The average molecular weight is 376 g/mol. The summed E-state index contributed by atoms with van der Waals surface area (Å²) in [6, 6.07) is 4.23. The molecule has 0 aliphatic heterocycles.